The molecule has 1 aliphatic carbocycles. The summed E-state index contributed by atoms with van der Waals surface area (Å²) in [4.78, 5) is 32.4. The van der Waals surface area contributed by atoms with Crippen molar-refractivity contribution in [3.63, 3.8) is 0 Å². The first-order chi connectivity index (χ1) is 22.0. The largest absolute Gasteiger partial charge is 0.382 e. The molecule has 3 aliphatic rings. The van der Waals surface area contributed by atoms with Gasteiger partial charge in [0.2, 0.25) is 0 Å². The van der Waals surface area contributed by atoms with Crippen LogP contribution in [0.1, 0.15) is 61.5 Å². The summed E-state index contributed by atoms with van der Waals surface area (Å²) in [5, 5.41) is 10.3. The minimum Gasteiger partial charge on any atom is -0.382 e. The lowest BCUT2D eigenvalue weighted by molar-refractivity contribution is 0.0503. The zero-order valence-corrected chi connectivity index (χ0v) is 25.1. The topological polar surface area (TPSA) is 117 Å². The van der Waals surface area contributed by atoms with E-state index in [1.54, 1.807) is 4.57 Å². The minimum absolute atomic E-state index is 0.126. The Morgan fingerprint density at radius 3 is 2.53 bits per heavy atom. The van der Waals surface area contributed by atoms with E-state index in [1.807, 2.05) is 53.4 Å². The average molecular weight is 603 g/mol. The highest BCUT2D eigenvalue weighted by Gasteiger charge is 2.36. The minimum atomic E-state index is -0.594. The quantitative estimate of drug-likeness (QED) is 0.325. The molecule has 10 heteroatoms. The zero-order valence-electron chi connectivity index (χ0n) is 25.1. The average Bonchev–Trinajstić information content (AvgIpc) is 3.54. The smallest absolute Gasteiger partial charge is 0.267 e. The van der Waals surface area contributed by atoms with Gasteiger partial charge in [-0.3, -0.25) is 14.3 Å². The number of halogens is 1. The van der Waals surface area contributed by atoms with Gasteiger partial charge in [0.15, 0.2) is 5.82 Å². The predicted octanol–water partition coefficient (Wildman–Crippen LogP) is 4.78. The highest BCUT2D eigenvalue weighted by molar-refractivity contribution is 5.85. The molecule has 1 saturated carbocycles. The Morgan fingerprint density at radius 1 is 0.978 bits per heavy atom. The van der Waals surface area contributed by atoms with E-state index in [-0.39, 0.29) is 23.0 Å². The Labute approximate surface area is 261 Å². The van der Waals surface area contributed by atoms with Crippen molar-refractivity contribution in [2.24, 2.45) is 11.8 Å². The number of nitrogen functional groups attached to an aromatic ring is 1. The standard InChI is InChI=1S/C35H35FN8O/c36-26-19-25(20-26)23-13-17-42(18-14-23)15-5-8-24-7-4-11-29-31(24)35(45)44(27-9-2-1-3-10-27)34(41-29)30-12-6-16-43(30)33-28(21-37)32(38)39-22-40-33/h1-4,7,9-11,22-23,25-26,30H,6,12-20H2,(H2,38,39,40)/t25?,26?,30-/m0/s1. The number of anilines is 2. The first kappa shape index (κ1) is 28.9. The van der Waals surface area contributed by atoms with E-state index in [2.05, 4.69) is 32.8 Å². The molecule has 45 heavy (non-hydrogen) atoms. The molecule has 0 amide bonds. The fourth-order valence-corrected chi connectivity index (χ4v) is 7.21. The molecule has 2 N–H and O–H groups in total. The van der Waals surface area contributed by atoms with Gasteiger partial charge < -0.3 is 10.6 Å². The summed E-state index contributed by atoms with van der Waals surface area (Å²) in [7, 11) is 0. The SMILES string of the molecule is N#Cc1c(N)ncnc1N1CCC[C@H]1c1nc2cccc(C#CCN3CCC(C4CC(F)C4)CC3)c2c(=O)n1-c1ccccc1. The first-order valence-corrected chi connectivity index (χ1v) is 15.8. The third-order valence-corrected chi connectivity index (χ3v) is 9.67. The van der Waals surface area contributed by atoms with Crippen LogP contribution in [0.25, 0.3) is 16.6 Å². The fourth-order valence-electron chi connectivity index (χ4n) is 7.21. The van der Waals surface area contributed by atoms with Crippen LogP contribution in [0.15, 0.2) is 59.7 Å². The third-order valence-electron chi connectivity index (χ3n) is 9.67. The molecule has 2 saturated heterocycles. The van der Waals surface area contributed by atoms with Gasteiger partial charge >= 0.3 is 0 Å². The van der Waals surface area contributed by atoms with Gasteiger partial charge in [0.05, 0.1) is 29.2 Å². The number of likely N-dealkylation sites (tertiary alicyclic amines) is 1. The second kappa shape index (κ2) is 12.3. The van der Waals surface area contributed by atoms with Gasteiger partial charge in [-0.25, -0.2) is 19.3 Å². The van der Waals surface area contributed by atoms with Crippen LogP contribution in [0, 0.1) is 35.0 Å². The van der Waals surface area contributed by atoms with Crippen LogP contribution in [-0.2, 0) is 0 Å². The second-order valence-electron chi connectivity index (χ2n) is 12.3. The van der Waals surface area contributed by atoms with Crippen molar-refractivity contribution >= 4 is 22.5 Å². The maximum Gasteiger partial charge on any atom is 0.267 e. The molecule has 2 aliphatic heterocycles. The van der Waals surface area contributed by atoms with E-state index in [1.165, 1.54) is 6.33 Å². The molecule has 0 spiro atoms. The molecule has 228 valence electrons. The maximum atomic E-state index is 14.5. The van der Waals surface area contributed by atoms with Crippen LogP contribution in [0.5, 0.6) is 0 Å². The molecule has 0 unspecified atom stereocenters. The summed E-state index contributed by atoms with van der Waals surface area (Å²) in [5.41, 5.74) is 8.01. The number of nitrogens with two attached hydrogens (primary N) is 1. The Balaban J connectivity index is 1.23. The van der Waals surface area contributed by atoms with E-state index in [4.69, 9.17) is 10.7 Å². The van der Waals surface area contributed by atoms with Gasteiger partial charge in [0.1, 0.15) is 35.8 Å². The predicted molar refractivity (Wildman–Crippen MR) is 171 cm³/mol. The van der Waals surface area contributed by atoms with Gasteiger partial charge in [-0.2, -0.15) is 5.26 Å². The van der Waals surface area contributed by atoms with Crippen LogP contribution in [0.4, 0.5) is 16.0 Å². The highest BCUT2D eigenvalue weighted by Crippen LogP contribution is 2.40. The molecule has 9 nitrogen and oxygen atoms in total. The lowest BCUT2D eigenvalue weighted by atomic mass is 9.71. The van der Waals surface area contributed by atoms with Crippen LogP contribution >= 0.6 is 0 Å². The Kier molecular flexibility index (Phi) is 7.91. The maximum absolute atomic E-state index is 14.5. The van der Waals surface area contributed by atoms with Crippen LogP contribution in [0.3, 0.4) is 0 Å². The summed E-state index contributed by atoms with van der Waals surface area (Å²) in [6.45, 7) is 3.20. The van der Waals surface area contributed by atoms with E-state index in [0.717, 1.165) is 51.6 Å². The number of para-hydroxylation sites is 1. The lowest BCUT2D eigenvalue weighted by Gasteiger charge is -2.41. The summed E-state index contributed by atoms with van der Waals surface area (Å²) in [5.74, 6) is 8.95. The lowest BCUT2D eigenvalue weighted by Crippen LogP contribution is -2.40. The molecule has 4 aromatic rings. The van der Waals surface area contributed by atoms with Gasteiger partial charge in [-0.1, -0.05) is 36.1 Å². The molecule has 4 heterocycles. The number of nitrogens with zero attached hydrogens (tertiary/aromatic N) is 7. The number of alkyl halides is 1. The number of rotatable bonds is 5. The van der Waals surface area contributed by atoms with Crippen molar-refractivity contribution in [3.05, 3.63) is 82.2 Å². The van der Waals surface area contributed by atoms with Crippen molar-refractivity contribution in [1.29, 1.82) is 5.26 Å². The molecule has 0 bridgehead atoms. The second-order valence-corrected chi connectivity index (χ2v) is 12.3. The Morgan fingerprint density at radius 2 is 1.78 bits per heavy atom. The van der Waals surface area contributed by atoms with Gasteiger partial charge in [0.25, 0.3) is 5.56 Å². The molecular weight excluding hydrogens is 567 g/mol. The fraction of sp³-hybridized carbons (Fsp3) is 0.400. The Bertz CT molecular complexity index is 1880. The molecule has 1 atom stereocenters. The molecular formula is C35H35FN8O. The van der Waals surface area contributed by atoms with Crippen LogP contribution < -0.4 is 16.2 Å². The normalized spacial score (nSPS) is 22.0. The van der Waals surface area contributed by atoms with E-state index < -0.39 is 6.17 Å². The van der Waals surface area contributed by atoms with E-state index >= 15 is 0 Å². The van der Waals surface area contributed by atoms with Gasteiger partial charge in [-0.05, 0) is 87.7 Å². The van der Waals surface area contributed by atoms with E-state index in [9.17, 15) is 14.4 Å². The van der Waals surface area contributed by atoms with Crippen molar-refractivity contribution in [1.82, 2.24) is 24.4 Å². The molecule has 7 rings (SSSR count). The number of hydrogen-bond donors (Lipinski definition) is 1. The van der Waals surface area contributed by atoms with Gasteiger partial charge in [0, 0.05) is 12.1 Å². The number of benzene rings is 2. The third kappa shape index (κ3) is 5.51. The number of nitriles is 1. The van der Waals surface area contributed by atoms with Crippen molar-refractivity contribution in [2.75, 3.05) is 36.8 Å². The number of aromatic nitrogens is 4. The van der Waals surface area contributed by atoms with Crippen LogP contribution in [-0.4, -0.2) is 56.8 Å². The monoisotopic (exact) mass is 602 g/mol. The molecule has 2 aromatic carbocycles. The van der Waals surface area contributed by atoms with E-state index in [0.29, 0.717) is 58.7 Å². The summed E-state index contributed by atoms with van der Waals surface area (Å²) in [6, 6.07) is 17.0. The number of hydrogen-bond acceptors (Lipinski definition) is 8. The first-order valence-electron chi connectivity index (χ1n) is 15.8. The van der Waals surface area contributed by atoms with Crippen LogP contribution in [0.2, 0.25) is 0 Å². The summed E-state index contributed by atoms with van der Waals surface area (Å²) in [6.07, 6.45) is 5.99. The molecule has 3 fully saturated rings. The summed E-state index contributed by atoms with van der Waals surface area (Å²) >= 11 is 0. The van der Waals surface area contributed by atoms with Crippen molar-refractivity contribution < 1.29 is 4.39 Å². The zero-order chi connectivity index (χ0) is 30.9. The highest BCUT2D eigenvalue weighted by atomic mass is 19.1. The number of piperidine rings is 1. The molecule has 2 aromatic heterocycles. The molecule has 0 radical (unpaired) electrons. The van der Waals surface area contributed by atoms with Crippen molar-refractivity contribution in [3.8, 4) is 23.6 Å². The van der Waals surface area contributed by atoms with Gasteiger partial charge in [-0.15, -0.1) is 0 Å². The van der Waals surface area contributed by atoms with Crippen molar-refractivity contribution in [2.45, 2.75) is 50.7 Å². The summed E-state index contributed by atoms with van der Waals surface area (Å²) < 4.78 is 15.0. The Hall–Kier alpha value is -4.80. The number of fused-ring (bicyclic) bond motifs is 1.